The van der Waals surface area contributed by atoms with Crippen LogP contribution in [0.2, 0.25) is 5.02 Å². The number of nitrogens with zero attached hydrogens (tertiary/aromatic N) is 1. The lowest BCUT2D eigenvalue weighted by Gasteiger charge is -2.06. The van der Waals surface area contributed by atoms with Crippen molar-refractivity contribution in [2.75, 3.05) is 0 Å². The van der Waals surface area contributed by atoms with Crippen molar-refractivity contribution >= 4 is 23.7 Å². The molecule has 1 N–H and O–H groups in total. The molecule has 0 saturated heterocycles. The van der Waals surface area contributed by atoms with Gasteiger partial charge in [-0.2, -0.15) is 5.10 Å². The Morgan fingerprint density at radius 3 is 2.62 bits per heavy atom. The summed E-state index contributed by atoms with van der Waals surface area (Å²) in [5, 5.41) is 4.49. The molecule has 0 atom stereocenters. The van der Waals surface area contributed by atoms with Crippen LogP contribution in [0.1, 0.15) is 21.5 Å². The Morgan fingerprint density at radius 2 is 1.81 bits per heavy atom. The molecule has 5 heteroatoms. The lowest BCUT2D eigenvalue weighted by molar-refractivity contribution is 0.0955. The van der Waals surface area contributed by atoms with Crippen LogP contribution in [0.5, 0.6) is 5.75 Å². The van der Waals surface area contributed by atoms with E-state index in [0.29, 0.717) is 17.2 Å². The van der Waals surface area contributed by atoms with Gasteiger partial charge in [0.1, 0.15) is 12.4 Å². The van der Waals surface area contributed by atoms with Gasteiger partial charge in [-0.25, -0.2) is 5.43 Å². The Bertz CT molecular complexity index is 911. The van der Waals surface area contributed by atoms with E-state index < -0.39 is 0 Å². The molecule has 3 rings (SSSR count). The first kappa shape index (κ1) is 17.7. The number of hydrazone groups is 1. The average Bonchev–Trinajstić information content (AvgIpc) is 2.67. The Morgan fingerprint density at radius 1 is 1.00 bits per heavy atom. The van der Waals surface area contributed by atoms with E-state index in [4.69, 9.17) is 16.3 Å². The Labute approximate surface area is 157 Å². The van der Waals surface area contributed by atoms with Crippen LogP contribution in [0, 0.1) is 0 Å². The standard InChI is InChI=1S/C21H17ClN2O2/c22-19-10-5-9-18(13-19)21(25)24-23-14-17-8-4-11-20(12-17)26-15-16-6-2-1-3-7-16/h1-14H,15H2,(H,24,25)/b23-14+. The van der Waals surface area contributed by atoms with Gasteiger partial charge in [0.25, 0.3) is 5.91 Å². The molecule has 0 spiro atoms. The molecule has 0 fully saturated rings. The van der Waals surface area contributed by atoms with Gasteiger partial charge >= 0.3 is 0 Å². The topological polar surface area (TPSA) is 50.7 Å². The van der Waals surface area contributed by atoms with Crippen molar-refractivity contribution in [1.82, 2.24) is 5.43 Å². The number of rotatable bonds is 6. The number of carbonyl (C=O) groups excluding carboxylic acids is 1. The van der Waals surface area contributed by atoms with Crippen LogP contribution >= 0.6 is 11.6 Å². The third-order valence-electron chi connectivity index (χ3n) is 3.57. The molecule has 0 aliphatic heterocycles. The van der Waals surface area contributed by atoms with Crippen LogP contribution in [-0.2, 0) is 6.61 Å². The first-order valence-corrected chi connectivity index (χ1v) is 8.44. The molecule has 130 valence electrons. The van der Waals surface area contributed by atoms with Crippen LogP contribution in [0.15, 0.2) is 84.0 Å². The van der Waals surface area contributed by atoms with Crippen molar-refractivity contribution in [2.45, 2.75) is 6.61 Å². The van der Waals surface area contributed by atoms with Crippen molar-refractivity contribution in [3.8, 4) is 5.75 Å². The maximum Gasteiger partial charge on any atom is 0.271 e. The zero-order valence-electron chi connectivity index (χ0n) is 13.9. The highest BCUT2D eigenvalue weighted by molar-refractivity contribution is 6.30. The number of hydrogen-bond donors (Lipinski definition) is 1. The fourth-order valence-corrected chi connectivity index (χ4v) is 2.48. The Balaban J connectivity index is 1.57. The van der Waals surface area contributed by atoms with Gasteiger partial charge < -0.3 is 4.74 Å². The molecule has 0 radical (unpaired) electrons. The van der Waals surface area contributed by atoms with Crippen molar-refractivity contribution in [3.63, 3.8) is 0 Å². The van der Waals surface area contributed by atoms with Crippen LogP contribution in [0.4, 0.5) is 0 Å². The molecule has 3 aromatic carbocycles. The number of benzene rings is 3. The van der Waals surface area contributed by atoms with Crippen LogP contribution in [0.25, 0.3) is 0 Å². The van der Waals surface area contributed by atoms with E-state index in [0.717, 1.165) is 16.9 Å². The Hall–Kier alpha value is -3.11. The number of halogens is 1. The molecular weight excluding hydrogens is 348 g/mol. The van der Waals surface area contributed by atoms with E-state index in [1.807, 2.05) is 54.6 Å². The van der Waals surface area contributed by atoms with Gasteiger partial charge in [0.2, 0.25) is 0 Å². The summed E-state index contributed by atoms with van der Waals surface area (Å²) in [5.41, 5.74) is 4.86. The van der Waals surface area contributed by atoms with Gasteiger partial charge in [-0.05, 0) is 41.5 Å². The average molecular weight is 365 g/mol. The van der Waals surface area contributed by atoms with Crippen molar-refractivity contribution in [2.24, 2.45) is 5.10 Å². The largest absolute Gasteiger partial charge is 0.489 e. The molecule has 0 unspecified atom stereocenters. The molecule has 4 nitrogen and oxygen atoms in total. The SMILES string of the molecule is O=C(N/N=C/c1cccc(OCc2ccccc2)c1)c1cccc(Cl)c1. The molecule has 1 amide bonds. The van der Waals surface area contributed by atoms with Gasteiger partial charge in [-0.15, -0.1) is 0 Å². The summed E-state index contributed by atoms with van der Waals surface area (Å²) in [6, 6.07) is 24.1. The summed E-state index contributed by atoms with van der Waals surface area (Å²) in [6.07, 6.45) is 1.57. The highest BCUT2D eigenvalue weighted by atomic mass is 35.5. The number of nitrogens with one attached hydrogen (secondary N) is 1. The van der Waals surface area contributed by atoms with E-state index in [-0.39, 0.29) is 5.91 Å². The zero-order valence-corrected chi connectivity index (χ0v) is 14.7. The number of hydrogen-bond acceptors (Lipinski definition) is 3. The Kier molecular flexibility index (Phi) is 6.01. The quantitative estimate of drug-likeness (QED) is 0.510. The summed E-state index contributed by atoms with van der Waals surface area (Å²) in [4.78, 5) is 12.0. The third kappa shape index (κ3) is 5.19. The normalized spacial score (nSPS) is 10.7. The highest BCUT2D eigenvalue weighted by Gasteiger charge is 2.04. The summed E-state index contributed by atoms with van der Waals surface area (Å²) in [5.74, 6) is 0.416. The third-order valence-corrected chi connectivity index (χ3v) is 3.81. The fourth-order valence-electron chi connectivity index (χ4n) is 2.29. The molecule has 0 saturated carbocycles. The second-order valence-corrected chi connectivity index (χ2v) is 5.99. The lowest BCUT2D eigenvalue weighted by Crippen LogP contribution is -2.17. The second-order valence-electron chi connectivity index (χ2n) is 5.56. The van der Waals surface area contributed by atoms with Gasteiger partial charge in [0.15, 0.2) is 0 Å². The fraction of sp³-hybridized carbons (Fsp3) is 0.0476. The molecule has 0 aliphatic rings. The van der Waals surface area contributed by atoms with Gasteiger partial charge in [0.05, 0.1) is 6.21 Å². The zero-order chi connectivity index (χ0) is 18.2. The summed E-state index contributed by atoms with van der Waals surface area (Å²) in [6.45, 7) is 0.493. The monoisotopic (exact) mass is 364 g/mol. The predicted molar refractivity (Wildman–Crippen MR) is 104 cm³/mol. The number of ether oxygens (including phenoxy) is 1. The minimum absolute atomic E-state index is 0.319. The maximum atomic E-state index is 12.0. The number of carbonyl (C=O) groups is 1. The maximum absolute atomic E-state index is 12.0. The highest BCUT2D eigenvalue weighted by Crippen LogP contribution is 2.14. The minimum atomic E-state index is -0.319. The van der Waals surface area contributed by atoms with Gasteiger partial charge in [-0.3, -0.25) is 4.79 Å². The second kappa shape index (κ2) is 8.83. The van der Waals surface area contributed by atoms with Crippen molar-refractivity contribution in [3.05, 3.63) is 101 Å². The molecule has 0 heterocycles. The summed E-state index contributed by atoms with van der Waals surface area (Å²) in [7, 11) is 0. The van der Waals surface area contributed by atoms with E-state index in [9.17, 15) is 4.79 Å². The molecular formula is C21H17ClN2O2. The molecule has 0 aromatic heterocycles. The van der Waals surface area contributed by atoms with Crippen molar-refractivity contribution in [1.29, 1.82) is 0 Å². The minimum Gasteiger partial charge on any atom is -0.489 e. The van der Waals surface area contributed by atoms with Crippen LogP contribution < -0.4 is 10.2 Å². The lowest BCUT2D eigenvalue weighted by atomic mass is 10.2. The van der Waals surface area contributed by atoms with Crippen molar-refractivity contribution < 1.29 is 9.53 Å². The first-order chi connectivity index (χ1) is 12.7. The predicted octanol–water partition coefficient (Wildman–Crippen LogP) is 4.68. The number of amides is 1. The van der Waals surface area contributed by atoms with Gasteiger partial charge in [-0.1, -0.05) is 60.1 Å². The molecule has 0 bridgehead atoms. The molecule has 0 aliphatic carbocycles. The van der Waals surface area contributed by atoms with Crippen LogP contribution in [-0.4, -0.2) is 12.1 Å². The summed E-state index contributed by atoms with van der Waals surface area (Å²) < 4.78 is 5.78. The molecule has 26 heavy (non-hydrogen) atoms. The van der Waals surface area contributed by atoms with E-state index in [1.54, 1.807) is 30.5 Å². The smallest absolute Gasteiger partial charge is 0.271 e. The van der Waals surface area contributed by atoms with E-state index in [2.05, 4.69) is 10.5 Å². The summed E-state index contributed by atoms with van der Waals surface area (Å²) >= 11 is 5.88. The first-order valence-electron chi connectivity index (χ1n) is 8.06. The molecule has 3 aromatic rings. The van der Waals surface area contributed by atoms with E-state index >= 15 is 0 Å². The van der Waals surface area contributed by atoms with Gasteiger partial charge in [0, 0.05) is 10.6 Å². The van der Waals surface area contributed by atoms with Crippen LogP contribution in [0.3, 0.4) is 0 Å². The van der Waals surface area contributed by atoms with E-state index in [1.165, 1.54) is 0 Å².